The van der Waals surface area contributed by atoms with Crippen molar-refractivity contribution in [2.75, 3.05) is 4.90 Å². The second kappa shape index (κ2) is 10.5. The highest BCUT2D eigenvalue weighted by atomic mass is 32.1. The summed E-state index contributed by atoms with van der Waals surface area (Å²) in [6.45, 7) is 1.63. The number of oxazole rings is 1. The molecule has 1 amide bonds. The fourth-order valence-electron chi connectivity index (χ4n) is 3.98. The zero-order chi connectivity index (χ0) is 22.3. The third-order valence-electron chi connectivity index (χ3n) is 5.61. The van der Waals surface area contributed by atoms with E-state index in [0.717, 1.165) is 31.2 Å². The molecule has 1 unspecified atom stereocenters. The minimum Gasteiger partial charge on any atom is -0.453 e. The van der Waals surface area contributed by atoms with Crippen LogP contribution < -0.4 is 4.90 Å². The summed E-state index contributed by atoms with van der Waals surface area (Å²) in [4.78, 5) is 35.9. The molecular formula is C24H27N3O4S. The Morgan fingerprint density at radius 2 is 1.97 bits per heavy atom. The molecule has 2 aromatic heterocycles. The van der Waals surface area contributed by atoms with Crippen molar-refractivity contribution in [3.05, 3.63) is 54.0 Å². The number of carbonyl (C=O) groups is 2. The maximum absolute atomic E-state index is 13.2. The summed E-state index contributed by atoms with van der Waals surface area (Å²) >= 11 is 1.43. The molecule has 7 nitrogen and oxygen atoms in total. The summed E-state index contributed by atoms with van der Waals surface area (Å²) in [5, 5.41) is 2.52. The second-order valence-corrected chi connectivity index (χ2v) is 8.80. The molecule has 1 aliphatic rings. The van der Waals surface area contributed by atoms with E-state index in [-0.39, 0.29) is 18.4 Å². The Kier molecular flexibility index (Phi) is 7.32. The third kappa shape index (κ3) is 5.43. The maximum atomic E-state index is 13.2. The van der Waals surface area contributed by atoms with E-state index in [0.29, 0.717) is 23.2 Å². The molecule has 0 N–H and O–H groups in total. The van der Waals surface area contributed by atoms with Gasteiger partial charge in [0.05, 0.1) is 12.6 Å². The Morgan fingerprint density at radius 3 is 2.69 bits per heavy atom. The van der Waals surface area contributed by atoms with Crippen molar-refractivity contribution in [2.24, 2.45) is 0 Å². The normalized spacial score (nSPS) is 15.3. The van der Waals surface area contributed by atoms with Crippen LogP contribution in [0.5, 0.6) is 0 Å². The van der Waals surface area contributed by atoms with Crippen molar-refractivity contribution in [2.45, 2.75) is 64.0 Å². The van der Waals surface area contributed by atoms with Gasteiger partial charge < -0.3 is 9.15 Å². The lowest BCUT2D eigenvalue weighted by Crippen LogP contribution is -2.47. The van der Waals surface area contributed by atoms with E-state index < -0.39 is 12.1 Å². The van der Waals surface area contributed by atoms with Crippen LogP contribution in [0.4, 0.5) is 5.13 Å². The lowest BCUT2D eigenvalue weighted by molar-refractivity contribution is -0.154. The SMILES string of the molecule is CC(OC(=O)CCc1ncc(-c2ccccc2)o1)C(=O)N(c1nccs1)C1CCCCC1. The largest absolute Gasteiger partial charge is 0.453 e. The van der Waals surface area contributed by atoms with Gasteiger partial charge in [0.25, 0.3) is 5.91 Å². The van der Waals surface area contributed by atoms with Crippen LogP contribution in [0, 0.1) is 0 Å². The van der Waals surface area contributed by atoms with Crippen LogP contribution in [-0.4, -0.2) is 34.0 Å². The number of amides is 1. The highest BCUT2D eigenvalue weighted by Crippen LogP contribution is 2.29. The molecule has 0 saturated heterocycles. The van der Waals surface area contributed by atoms with Gasteiger partial charge in [-0.25, -0.2) is 9.97 Å². The van der Waals surface area contributed by atoms with Gasteiger partial charge in [-0.1, -0.05) is 49.6 Å². The fourth-order valence-corrected chi connectivity index (χ4v) is 4.70. The van der Waals surface area contributed by atoms with E-state index >= 15 is 0 Å². The number of anilines is 1. The van der Waals surface area contributed by atoms with Gasteiger partial charge in [0.15, 0.2) is 22.9 Å². The molecule has 32 heavy (non-hydrogen) atoms. The van der Waals surface area contributed by atoms with Gasteiger partial charge in [0, 0.05) is 29.6 Å². The van der Waals surface area contributed by atoms with Crippen LogP contribution in [0.1, 0.15) is 51.3 Å². The Balaban J connectivity index is 1.33. The minimum absolute atomic E-state index is 0.0903. The van der Waals surface area contributed by atoms with Crippen LogP contribution in [0.15, 0.2) is 52.5 Å². The predicted octanol–water partition coefficient (Wildman–Crippen LogP) is 5.03. The number of thiazole rings is 1. The first-order valence-corrected chi connectivity index (χ1v) is 11.9. The Labute approximate surface area is 191 Å². The molecule has 1 saturated carbocycles. The van der Waals surface area contributed by atoms with E-state index in [1.54, 1.807) is 24.2 Å². The summed E-state index contributed by atoms with van der Waals surface area (Å²) in [6, 6.07) is 9.76. The maximum Gasteiger partial charge on any atom is 0.307 e. The Morgan fingerprint density at radius 1 is 1.19 bits per heavy atom. The average Bonchev–Trinajstić information content (AvgIpc) is 3.52. The molecule has 1 aliphatic carbocycles. The van der Waals surface area contributed by atoms with Crippen molar-refractivity contribution in [3.63, 3.8) is 0 Å². The molecular weight excluding hydrogens is 426 g/mol. The lowest BCUT2D eigenvalue weighted by atomic mass is 9.94. The van der Waals surface area contributed by atoms with E-state index in [1.807, 2.05) is 35.7 Å². The number of ether oxygens (including phenoxy) is 1. The topological polar surface area (TPSA) is 85.5 Å². The van der Waals surface area contributed by atoms with Gasteiger partial charge in [-0.2, -0.15) is 0 Å². The molecule has 0 aliphatic heterocycles. The molecule has 4 rings (SSSR count). The van der Waals surface area contributed by atoms with Gasteiger partial charge in [0.1, 0.15) is 0 Å². The first-order chi connectivity index (χ1) is 15.6. The number of esters is 1. The number of hydrogen-bond acceptors (Lipinski definition) is 7. The van der Waals surface area contributed by atoms with Crippen molar-refractivity contribution in [1.29, 1.82) is 0 Å². The van der Waals surface area contributed by atoms with Crippen LogP contribution in [0.2, 0.25) is 0 Å². The molecule has 0 spiro atoms. The Hall–Kier alpha value is -3.00. The summed E-state index contributed by atoms with van der Waals surface area (Å²) < 4.78 is 11.2. The van der Waals surface area contributed by atoms with Gasteiger partial charge in [-0.3, -0.25) is 14.5 Å². The fraction of sp³-hybridized carbons (Fsp3) is 0.417. The summed E-state index contributed by atoms with van der Waals surface area (Å²) in [5.41, 5.74) is 0.929. The zero-order valence-electron chi connectivity index (χ0n) is 18.1. The third-order valence-corrected chi connectivity index (χ3v) is 6.38. The molecule has 0 radical (unpaired) electrons. The van der Waals surface area contributed by atoms with Gasteiger partial charge in [-0.15, -0.1) is 11.3 Å². The predicted molar refractivity (Wildman–Crippen MR) is 122 cm³/mol. The standard InChI is InChI=1S/C24H27N3O4S/c1-17(23(29)27(24-25-14-15-32-24)19-10-6-3-7-11-19)30-22(28)13-12-21-26-16-20(31-21)18-8-4-2-5-9-18/h2,4-5,8-9,14-17,19H,3,6-7,10-13H2,1H3. The van der Waals surface area contributed by atoms with Gasteiger partial charge >= 0.3 is 5.97 Å². The first-order valence-electron chi connectivity index (χ1n) is 11.0. The summed E-state index contributed by atoms with van der Waals surface area (Å²) in [7, 11) is 0. The van der Waals surface area contributed by atoms with E-state index in [9.17, 15) is 9.59 Å². The number of aryl methyl sites for hydroxylation is 1. The highest BCUT2D eigenvalue weighted by Gasteiger charge is 2.33. The molecule has 168 valence electrons. The average molecular weight is 454 g/mol. The van der Waals surface area contributed by atoms with E-state index in [4.69, 9.17) is 9.15 Å². The van der Waals surface area contributed by atoms with Crippen molar-refractivity contribution < 1.29 is 18.7 Å². The van der Waals surface area contributed by atoms with Crippen molar-refractivity contribution in [1.82, 2.24) is 9.97 Å². The van der Waals surface area contributed by atoms with Crippen molar-refractivity contribution in [3.8, 4) is 11.3 Å². The molecule has 1 fully saturated rings. The monoisotopic (exact) mass is 453 g/mol. The molecule has 1 atom stereocenters. The van der Waals surface area contributed by atoms with Crippen LogP contribution in [-0.2, 0) is 20.7 Å². The smallest absolute Gasteiger partial charge is 0.307 e. The molecule has 3 aromatic rings. The number of nitrogens with zero attached hydrogens (tertiary/aromatic N) is 3. The Bertz CT molecular complexity index is 1010. The molecule has 8 heteroatoms. The second-order valence-electron chi connectivity index (χ2n) is 7.93. The van der Waals surface area contributed by atoms with Crippen LogP contribution >= 0.6 is 11.3 Å². The minimum atomic E-state index is -0.877. The number of benzene rings is 1. The zero-order valence-corrected chi connectivity index (χ0v) is 18.9. The van der Waals surface area contributed by atoms with E-state index in [2.05, 4.69) is 9.97 Å². The van der Waals surface area contributed by atoms with Gasteiger partial charge in [-0.05, 0) is 19.8 Å². The number of rotatable bonds is 8. The van der Waals surface area contributed by atoms with Crippen LogP contribution in [0.3, 0.4) is 0 Å². The molecule has 2 heterocycles. The first kappa shape index (κ1) is 22.2. The quantitative estimate of drug-likeness (QED) is 0.445. The van der Waals surface area contributed by atoms with Crippen molar-refractivity contribution >= 4 is 28.3 Å². The van der Waals surface area contributed by atoms with Crippen LogP contribution in [0.25, 0.3) is 11.3 Å². The number of aromatic nitrogens is 2. The summed E-state index contributed by atoms with van der Waals surface area (Å²) in [5.74, 6) is 0.450. The number of hydrogen-bond donors (Lipinski definition) is 0. The highest BCUT2D eigenvalue weighted by molar-refractivity contribution is 7.13. The lowest BCUT2D eigenvalue weighted by Gasteiger charge is -2.33. The molecule has 0 bridgehead atoms. The van der Waals surface area contributed by atoms with Gasteiger partial charge in [0.2, 0.25) is 0 Å². The number of carbonyl (C=O) groups excluding carboxylic acids is 2. The van der Waals surface area contributed by atoms with E-state index in [1.165, 1.54) is 17.8 Å². The molecule has 1 aromatic carbocycles. The summed E-state index contributed by atoms with van der Waals surface area (Å²) in [6.07, 6.45) is 8.13.